The number of hydrogen-bond acceptors (Lipinski definition) is 5. The molecule has 0 aliphatic heterocycles. The summed E-state index contributed by atoms with van der Waals surface area (Å²) >= 11 is 7.37. The van der Waals surface area contributed by atoms with Crippen LogP contribution < -0.4 is 5.32 Å². The summed E-state index contributed by atoms with van der Waals surface area (Å²) < 4.78 is 7.44. The zero-order chi connectivity index (χ0) is 19.4. The number of aromatic nitrogens is 3. The molecular weight excluding hydrogens is 384 g/mol. The van der Waals surface area contributed by atoms with Crippen molar-refractivity contribution in [3.8, 4) is 11.4 Å². The lowest BCUT2D eigenvalue weighted by Gasteiger charge is -2.15. The lowest BCUT2D eigenvalue weighted by atomic mass is 10.2. The number of nitrogens with zero attached hydrogens (tertiary/aromatic N) is 3. The van der Waals surface area contributed by atoms with E-state index >= 15 is 0 Å². The fraction of sp³-hybridized carbons (Fsp3) is 0.316. The van der Waals surface area contributed by atoms with E-state index in [1.807, 2.05) is 61.7 Å². The van der Waals surface area contributed by atoms with E-state index in [-0.39, 0.29) is 17.2 Å². The largest absolute Gasteiger partial charge is 0.467 e. The highest BCUT2D eigenvalue weighted by atomic mass is 35.5. The van der Waals surface area contributed by atoms with E-state index in [2.05, 4.69) is 15.5 Å². The van der Waals surface area contributed by atoms with Gasteiger partial charge in [0.2, 0.25) is 5.91 Å². The summed E-state index contributed by atoms with van der Waals surface area (Å²) in [7, 11) is 0. The topological polar surface area (TPSA) is 73.0 Å². The minimum absolute atomic E-state index is 0.0319. The third kappa shape index (κ3) is 4.93. The Morgan fingerprint density at radius 3 is 2.59 bits per heavy atom. The maximum absolute atomic E-state index is 12.3. The average Bonchev–Trinajstić information content (AvgIpc) is 3.26. The van der Waals surface area contributed by atoms with Crippen molar-refractivity contribution in [3.05, 3.63) is 53.4 Å². The lowest BCUT2D eigenvalue weighted by Crippen LogP contribution is -2.36. The van der Waals surface area contributed by atoms with Crippen molar-refractivity contribution in [1.29, 1.82) is 0 Å². The monoisotopic (exact) mass is 404 g/mol. The molecule has 3 aromatic rings. The number of benzene rings is 1. The van der Waals surface area contributed by atoms with Crippen molar-refractivity contribution >= 4 is 29.3 Å². The number of hydrogen-bond donors (Lipinski definition) is 1. The molecule has 1 aromatic carbocycles. The molecule has 1 amide bonds. The fourth-order valence-corrected chi connectivity index (χ4v) is 3.49. The van der Waals surface area contributed by atoms with Crippen LogP contribution in [-0.4, -0.2) is 32.0 Å². The average molecular weight is 405 g/mol. The number of furan rings is 1. The molecule has 142 valence electrons. The third-order valence-electron chi connectivity index (χ3n) is 3.80. The van der Waals surface area contributed by atoms with Crippen molar-refractivity contribution in [3.63, 3.8) is 0 Å². The Labute approximate surface area is 167 Å². The van der Waals surface area contributed by atoms with Gasteiger partial charge in [-0.05, 0) is 57.2 Å². The van der Waals surface area contributed by atoms with Gasteiger partial charge in [-0.3, -0.25) is 9.36 Å². The van der Waals surface area contributed by atoms with Crippen LogP contribution in [0, 0.1) is 0 Å². The minimum Gasteiger partial charge on any atom is -0.467 e. The molecule has 2 aromatic heterocycles. The summed E-state index contributed by atoms with van der Waals surface area (Å²) in [5, 5.41) is 12.6. The first-order valence-electron chi connectivity index (χ1n) is 8.62. The van der Waals surface area contributed by atoms with E-state index in [0.29, 0.717) is 22.5 Å². The molecule has 27 heavy (non-hydrogen) atoms. The summed E-state index contributed by atoms with van der Waals surface area (Å²) in [4.78, 5) is 12.3. The number of amides is 1. The highest BCUT2D eigenvalue weighted by Gasteiger charge is 2.22. The van der Waals surface area contributed by atoms with E-state index in [9.17, 15) is 4.79 Å². The molecular formula is C19H21ClN4O2S. The highest BCUT2D eigenvalue weighted by Crippen LogP contribution is 2.28. The second-order valence-electron chi connectivity index (χ2n) is 6.40. The van der Waals surface area contributed by atoms with Crippen molar-refractivity contribution in [2.24, 2.45) is 0 Å². The zero-order valence-corrected chi connectivity index (χ0v) is 16.9. The highest BCUT2D eigenvalue weighted by molar-refractivity contribution is 8.00. The van der Waals surface area contributed by atoms with E-state index in [1.165, 1.54) is 11.8 Å². The van der Waals surface area contributed by atoms with Gasteiger partial charge in [0.25, 0.3) is 0 Å². The molecule has 1 unspecified atom stereocenters. The number of thioether (sulfide) groups is 1. The molecule has 0 fully saturated rings. The Morgan fingerprint density at radius 1 is 1.22 bits per heavy atom. The minimum atomic E-state index is -0.301. The van der Waals surface area contributed by atoms with Gasteiger partial charge in [-0.25, -0.2) is 0 Å². The van der Waals surface area contributed by atoms with Gasteiger partial charge >= 0.3 is 0 Å². The molecule has 0 bridgehead atoms. The second kappa shape index (κ2) is 8.63. The number of rotatable bonds is 7. The number of nitrogens with one attached hydrogen (secondary N) is 1. The van der Waals surface area contributed by atoms with Crippen molar-refractivity contribution in [1.82, 2.24) is 20.1 Å². The van der Waals surface area contributed by atoms with Crippen LogP contribution in [0.25, 0.3) is 11.4 Å². The maximum Gasteiger partial charge on any atom is 0.233 e. The molecule has 0 saturated heterocycles. The van der Waals surface area contributed by atoms with Gasteiger partial charge in [0.15, 0.2) is 11.0 Å². The molecule has 0 saturated carbocycles. The quantitative estimate of drug-likeness (QED) is 0.596. The second-order valence-corrected chi connectivity index (χ2v) is 8.15. The zero-order valence-electron chi connectivity index (χ0n) is 15.3. The number of carbonyl (C=O) groups is 1. The Morgan fingerprint density at radius 2 is 1.96 bits per heavy atom. The van der Waals surface area contributed by atoms with E-state index in [0.717, 1.165) is 11.3 Å². The molecule has 0 aliphatic rings. The number of halogens is 1. The van der Waals surface area contributed by atoms with Gasteiger partial charge in [0.1, 0.15) is 5.76 Å². The molecule has 0 radical (unpaired) electrons. The molecule has 1 N–H and O–H groups in total. The standard InChI is InChI=1S/C19H21ClN4O2S/c1-12(2)21-18(25)13(3)27-19-23-22-17(14-6-8-15(20)9-7-14)24(19)11-16-5-4-10-26-16/h4-10,12-13H,11H2,1-3H3,(H,21,25). The molecule has 1 atom stereocenters. The fourth-order valence-electron chi connectivity index (χ4n) is 2.50. The number of carbonyl (C=O) groups excluding carboxylic acids is 1. The van der Waals surface area contributed by atoms with Crippen LogP contribution in [-0.2, 0) is 11.3 Å². The van der Waals surface area contributed by atoms with Gasteiger partial charge < -0.3 is 9.73 Å². The SMILES string of the molecule is CC(C)NC(=O)C(C)Sc1nnc(-c2ccc(Cl)cc2)n1Cc1ccco1. The predicted octanol–water partition coefficient (Wildman–Crippen LogP) is 4.25. The van der Waals surface area contributed by atoms with Crippen LogP contribution in [0.3, 0.4) is 0 Å². The van der Waals surface area contributed by atoms with Crippen LogP contribution in [0.1, 0.15) is 26.5 Å². The normalized spacial score (nSPS) is 12.3. The van der Waals surface area contributed by atoms with Crippen LogP contribution in [0.4, 0.5) is 0 Å². The van der Waals surface area contributed by atoms with Crippen LogP contribution in [0.5, 0.6) is 0 Å². The van der Waals surface area contributed by atoms with Gasteiger partial charge in [0, 0.05) is 16.6 Å². The van der Waals surface area contributed by atoms with Crippen molar-refractivity contribution in [2.45, 2.75) is 43.8 Å². The van der Waals surface area contributed by atoms with Crippen LogP contribution in [0.2, 0.25) is 5.02 Å². The Bertz CT molecular complexity index is 891. The molecule has 3 rings (SSSR count). The first kappa shape index (κ1) is 19.5. The summed E-state index contributed by atoms with van der Waals surface area (Å²) in [6.45, 7) is 6.20. The Balaban J connectivity index is 1.91. The lowest BCUT2D eigenvalue weighted by molar-refractivity contribution is -0.120. The smallest absolute Gasteiger partial charge is 0.233 e. The third-order valence-corrected chi connectivity index (χ3v) is 5.13. The van der Waals surface area contributed by atoms with E-state index < -0.39 is 0 Å². The van der Waals surface area contributed by atoms with Gasteiger partial charge in [0.05, 0.1) is 18.1 Å². The van der Waals surface area contributed by atoms with Gasteiger partial charge in [-0.15, -0.1) is 10.2 Å². The molecule has 0 aliphatic carbocycles. The van der Waals surface area contributed by atoms with Gasteiger partial charge in [-0.1, -0.05) is 23.4 Å². The molecule has 6 nitrogen and oxygen atoms in total. The summed E-state index contributed by atoms with van der Waals surface area (Å²) in [6.07, 6.45) is 1.63. The van der Waals surface area contributed by atoms with Crippen molar-refractivity contribution < 1.29 is 9.21 Å². The first-order chi connectivity index (χ1) is 12.9. The predicted molar refractivity (Wildman–Crippen MR) is 107 cm³/mol. The summed E-state index contributed by atoms with van der Waals surface area (Å²) in [5.74, 6) is 1.45. The Hall–Kier alpha value is -2.25. The van der Waals surface area contributed by atoms with Crippen LogP contribution >= 0.6 is 23.4 Å². The Kier molecular flexibility index (Phi) is 6.23. The van der Waals surface area contributed by atoms with Crippen LogP contribution in [0.15, 0.2) is 52.2 Å². The molecule has 0 spiro atoms. The molecule has 8 heteroatoms. The first-order valence-corrected chi connectivity index (χ1v) is 9.88. The summed E-state index contributed by atoms with van der Waals surface area (Å²) in [5.41, 5.74) is 0.893. The maximum atomic E-state index is 12.3. The van der Waals surface area contributed by atoms with E-state index in [1.54, 1.807) is 6.26 Å². The summed E-state index contributed by atoms with van der Waals surface area (Å²) in [6, 6.07) is 11.2. The van der Waals surface area contributed by atoms with Gasteiger partial charge in [-0.2, -0.15) is 0 Å². The van der Waals surface area contributed by atoms with Crippen molar-refractivity contribution in [2.75, 3.05) is 0 Å². The molecule has 2 heterocycles. The van der Waals surface area contributed by atoms with E-state index in [4.69, 9.17) is 16.0 Å².